The molecule has 2 nitrogen and oxygen atoms in total. The molecular formula is C9H13Br2ClN2. The Hall–Kier alpha value is 0.390. The lowest BCUT2D eigenvalue weighted by atomic mass is 10.1. The van der Waals surface area contributed by atoms with Crippen molar-refractivity contribution in [3.63, 3.8) is 0 Å². The van der Waals surface area contributed by atoms with E-state index in [2.05, 4.69) is 31.9 Å². The van der Waals surface area contributed by atoms with Gasteiger partial charge < -0.3 is 11.5 Å². The second-order valence-electron chi connectivity index (χ2n) is 2.98. The standard InChI is InChI=1S/C9H12Br2N2.ClH/c1-5-2-6(10)9(7(11)3-5)8(13)4-12;/h2-3,8H,4,12-13H2,1H3;1H. The normalized spacial score (nSPS) is 12.1. The third kappa shape index (κ3) is 3.21. The van der Waals surface area contributed by atoms with Gasteiger partial charge in [0.05, 0.1) is 0 Å². The molecule has 1 unspecified atom stereocenters. The van der Waals surface area contributed by atoms with Gasteiger partial charge in [-0.25, -0.2) is 0 Å². The molecule has 0 spiro atoms. The maximum atomic E-state index is 5.86. The highest BCUT2D eigenvalue weighted by Crippen LogP contribution is 2.30. The van der Waals surface area contributed by atoms with E-state index in [4.69, 9.17) is 11.5 Å². The Labute approximate surface area is 107 Å². The van der Waals surface area contributed by atoms with Gasteiger partial charge in [-0.1, -0.05) is 31.9 Å². The molecule has 14 heavy (non-hydrogen) atoms. The lowest BCUT2D eigenvalue weighted by Crippen LogP contribution is -2.21. The minimum Gasteiger partial charge on any atom is -0.329 e. The van der Waals surface area contributed by atoms with E-state index in [9.17, 15) is 0 Å². The van der Waals surface area contributed by atoms with E-state index in [1.165, 1.54) is 5.56 Å². The molecule has 0 fully saturated rings. The summed E-state index contributed by atoms with van der Waals surface area (Å²) in [5, 5.41) is 0. The number of aryl methyl sites for hydroxylation is 1. The molecule has 1 rings (SSSR count). The first kappa shape index (κ1) is 14.4. The van der Waals surface area contributed by atoms with Crippen molar-refractivity contribution >= 4 is 44.3 Å². The van der Waals surface area contributed by atoms with Crippen LogP contribution in [-0.4, -0.2) is 6.54 Å². The molecule has 5 heteroatoms. The molecule has 0 aliphatic rings. The van der Waals surface area contributed by atoms with Gasteiger partial charge in [-0.3, -0.25) is 0 Å². The smallest absolute Gasteiger partial charge is 0.0442 e. The molecule has 1 aromatic rings. The SMILES string of the molecule is Cc1cc(Br)c(C(N)CN)c(Br)c1.Cl. The highest BCUT2D eigenvalue weighted by atomic mass is 79.9. The van der Waals surface area contributed by atoms with E-state index in [1.54, 1.807) is 0 Å². The molecule has 0 aliphatic heterocycles. The van der Waals surface area contributed by atoms with Crippen LogP contribution in [0.15, 0.2) is 21.1 Å². The Morgan fingerprint density at radius 1 is 1.29 bits per heavy atom. The van der Waals surface area contributed by atoms with Crippen LogP contribution in [0, 0.1) is 6.92 Å². The van der Waals surface area contributed by atoms with Gasteiger partial charge >= 0.3 is 0 Å². The van der Waals surface area contributed by atoms with Crippen molar-refractivity contribution < 1.29 is 0 Å². The monoisotopic (exact) mass is 342 g/mol. The lowest BCUT2D eigenvalue weighted by molar-refractivity contribution is 0.729. The number of benzene rings is 1. The molecule has 0 saturated heterocycles. The van der Waals surface area contributed by atoms with E-state index in [0.717, 1.165) is 14.5 Å². The van der Waals surface area contributed by atoms with Crippen molar-refractivity contribution in [1.82, 2.24) is 0 Å². The van der Waals surface area contributed by atoms with E-state index in [-0.39, 0.29) is 18.4 Å². The van der Waals surface area contributed by atoms with Crippen molar-refractivity contribution in [1.29, 1.82) is 0 Å². The van der Waals surface area contributed by atoms with Gasteiger partial charge in [0.2, 0.25) is 0 Å². The highest BCUT2D eigenvalue weighted by molar-refractivity contribution is 9.11. The first-order valence-corrected chi connectivity index (χ1v) is 5.56. The van der Waals surface area contributed by atoms with Crippen molar-refractivity contribution in [3.8, 4) is 0 Å². The van der Waals surface area contributed by atoms with Gasteiger partial charge in [0.1, 0.15) is 0 Å². The first-order valence-electron chi connectivity index (χ1n) is 3.97. The van der Waals surface area contributed by atoms with E-state index < -0.39 is 0 Å². The van der Waals surface area contributed by atoms with Crippen LogP contribution in [0.3, 0.4) is 0 Å². The maximum absolute atomic E-state index is 5.86. The highest BCUT2D eigenvalue weighted by Gasteiger charge is 2.12. The number of nitrogens with two attached hydrogens (primary N) is 2. The van der Waals surface area contributed by atoms with Crippen LogP contribution in [0.4, 0.5) is 0 Å². The van der Waals surface area contributed by atoms with E-state index in [0.29, 0.717) is 6.54 Å². The van der Waals surface area contributed by atoms with Crippen LogP contribution in [0.5, 0.6) is 0 Å². The summed E-state index contributed by atoms with van der Waals surface area (Å²) in [4.78, 5) is 0. The second-order valence-corrected chi connectivity index (χ2v) is 4.69. The molecule has 0 bridgehead atoms. The third-order valence-electron chi connectivity index (χ3n) is 1.85. The summed E-state index contributed by atoms with van der Waals surface area (Å²) in [7, 11) is 0. The van der Waals surface area contributed by atoms with Gasteiger partial charge in [-0.05, 0) is 30.2 Å². The van der Waals surface area contributed by atoms with Gasteiger partial charge in [0, 0.05) is 21.5 Å². The molecular weight excluding hydrogens is 331 g/mol. The van der Waals surface area contributed by atoms with Crippen molar-refractivity contribution in [3.05, 3.63) is 32.2 Å². The zero-order valence-electron chi connectivity index (χ0n) is 7.76. The maximum Gasteiger partial charge on any atom is 0.0442 e. The molecule has 0 aromatic heterocycles. The summed E-state index contributed by atoms with van der Waals surface area (Å²) in [5.41, 5.74) is 13.6. The second kappa shape index (κ2) is 6.08. The van der Waals surface area contributed by atoms with E-state index in [1.807, 2.05) is 19.1 Å². The molecule has 1 atom stereocenters. The van der Waals surface area contributed by atoms with Gasteiger partial charge in [0.15, 0.2) is 0 Å². The minimum atomic E-state index is -0.121. The zero-order chi connectivity index (χ0) is 10.0. The number of halogens is 3. The Bertz CT molecular complexity index is 295. The molecule has 0 amide bonds. The van der Waals surface area contributed by atoms with Gasteiger partial charge in [-0.2, -0.15) is 0 Å². The summed E-state index contributed by atoms with van der Waals surface area (Å²) >= 11 is 6.95. The Kier molecular flexibility index (Phi) is 6.25. The van der Waals surface area contributed by atoms with Crippen LogP contribution in [0.25, 0.3) is 0 Å². The molecule has 0 heterocycles. The molecule has 4 N–H and O–H groups in total. The summed E-state index contributed by atoms with van der Waals surface area (Å²) in [5.74, 6) is 0. The third-order valence-corrected chi connectivity index (χ3v) is 3.16. The van der Waals surface area contributed by atoms with Crippen molar-refractivity contribution in [2.24, 2.45) is 11.5 Å². The number of rotatable bonds is 2. The molecule has 0 aliphatic carbocycles. The Morgan fingerprint density at radius 3 is 2.07 bits per heavy atom. The van der Waals surface area contributed by atoms with Crippen molar-refractivity contribution in [2.75, 3.05) is 6.54 Å². The average Bonchev–Trinajstić information content (AvgIpc) is 2.02. The van der Waals surface area contributed by atoms with Gasteiger partial charge in [0.25, 0.3) is 0 Å². The first-order chi connectivity index (χ1) is 6.06. The van der Waals surface area contributed by atoms with Crippen molar-refractivity contribution in [2.45, 2.75) is 13.0 Å². The molecule has 0 saturated carbocycles. The lowest BCUT2D eigenvalue weighted by Gasteiger charge is -2.14. The molecule has 80 valence electrons. The fourth-order valence-electron chi connectivity index (χ4n) is 1.18. The predicted octanol–water partition coefficient (Wildman–Crippen LogP) is 2.90. The molecule has 1 aromatic carbocycles. The summed E-state index contributed by atoms with van der Waals surface area (Å²) < 4.78 is 2.02. The average molecular weight is 344 g/mol. The van der Waals surface area contributed by atoms with Gasteiger partial charge in [-0.15, -0.1) is 12.4 Å². The molecule has 0 radical (unpaired) electrons. The van der Waals surface area contributed by atoms with Crippen LogP contribution >= 0.6 is 44.3 Å². The van der Waals surface area contributed by atoms with Crippen LogP contribution in [0.1, 0.15) is 17.2 Å². The minimum absolute atomic E-state index is 0. The summed E-state index contributed by atoms with van der Waals surface area (Å²) in [6, 6.07) is 3.95. The number of hydrogen-bond acceptors (Lipinski definition) is 2. The van der Waals surface area contributed by atoms with Crippen LogP contribution < -0.4 is 11.5 Å². The number of hydrogen-bond donors (Lipinski definition) is 2. The summed E-state index contributed by atoms with van der Waals surface area (Å²) in [6.45, 7) is 2.48. The summed E-state index contributed by atoms with van der Waals surface area (Å²) in [6.07, 6.45) is 0. The quantitative estimate of drug-likeness (QED) is 0.867. The topological polar surface area (TPSA) is 52.0 Å². The van der Waals surface area contributed by atoms with Crippen LogP contribution in [0.2, 0.25) is 0 Å². The predicted molar refractivity (Wildman–Crippen MR) is 69.8 cm³/mol. The largest absolute Gasteiger partial charge is 0.329 e. The van der Waals surface area contributed by atoms with E-state index >= 15 is 0 Å². The van der Waals surface area contributed by atoms with Crippen LogP contribution in [-0.2, 0) is 0 Å². The Morgan fingerprint density at radius 2 is 1.71 bits per heavy atom. The Balaban J connectivity index is 0.00000169. The zero-order valence-corrected chi connectivity index (χ0v) is 11.7. The fourth-order valence-corrected chi connectivity index (χ4v) is 3.19. The fraction of sp³-hybridized carbons (Fsp3) is 0.333.